The second kappa shape index (κ2) is 11.0. The van der Waals surface area contributed by atoms with Crippen LogP contribution in [0.3, 0.4) is 0 Å². The van der Waals surface area contributed by atoms with Crippen LogP contribution in [0.15, 0.2) is 29.3 Å². The molecule has 1 aromatic carbocycles. The van der Waals surface area contributed by atoms with Gasteiger partial charge in [-0.25, -0.2) is 4.99 Å². The summed E-state index contributed by atoms with van der Waals surface area (Å²) in [7, 11) is 2.09. The van der Waals surface area contributed by atoms with Crippen LogP contribution in [0.1, 0.15) is 39.7 Å². The molecule has 1 aliphatic heterocycles. The van der Waals surface area contributed by atoms with Crippen molar-refractivity contribution in [3.05, 3.63) is 29.8 Å². The molecule has 0 bridgehead atoms. The summed E-state index contributed by atoms with van der Waals surface area (Å²) in [6.07, 6.45) is 1.13. The summed E-state index contributed by atoms with van der Waals surface area (Å²) in [6, 6.07) is 8.14. The van der Waals surface area contributed by atoms with Gasteiger partial charge in [0, 0.05) is 38.2 Å². The molecule has 148 valence electrons. The van der Waals surface area contributed by atoms with E-state index in [9.17, 15) is 0 Å². The molecule has 1 N–H and O–H groups in total. The Hall–Kier alpha value is -1.02. The normalized spacial score (nSPS) is 17.6. The summed E-state index contributed by atoms with van der Waals surface area (Å²) >= 11 is 0. The van der Waals surface area contributed by atoms with E-state index in [0.29, 0.717) is 12.5 Å². The van der Waals surface area contributed by atoms with Crippen LogP contribution in [0.4, 0.5) is 0 Å². The highest BCUT2D eigenvalue weighted by molar-refractivity contribution is 14.0. The topological polar surface area (TPSA) is 46.1 Å². The molecule has 0 aliphatic carbocycles. The molecule has 1 unspecified atom stereocenters. The predicted molar refractivity (Wildman–Crippen MR) is 119 cm³/mol. The lowest BCUT2D eigenvalue weighted by Crippen LogP contribution is -2.41. The molecule has 1 heterocycles. The Morgan fingerprint density at radius 3 is 2.69 bits per heavy atom. The first-order chi connectivity index (χ1) is 11.9. The Morgan fingerprint density at radius 1 is 1.35 bits per heavy atom. The summed E-state index contributed by atoms with van der Waals surface area (Å²) in [6.45, 7) is 12.4. The van der Waals surface area contributed by atoms with E-state index in [-0.39, 0.29) is 29.6 Å². The lowest BCUT2D eigenvalue weighted by atomic mass is 10.1. The minimum atomic E-state index is -0.219. The number of nitrogens with zero attached hydrogens (tertiary/aromatic N) is 2. The average Bonchev–Trinajstić information content (AvgIpc) is 3.04. The molecule has 1 aromatic rings. The fourth-order valence-corrected chi connectivity index (χ4v) is 2.89. The third-order valence-electron chi connectivity index (χ3n) is 4.04. The van der Waals surface area contributed by atoms with Gasteiger partial charge in [-0.1, -0.05) is 18.2 Å². The van der Waals surface area contributed by atoms with E-state index in [0.717, 1.165) is 50.0 Å². The van der Waals surface area contributed by atoms with Gasteiger partial charge in [-0.3, -0.25) is 0 Å². The molecular formula is C20H34IN3O2. The standard InChI is InChI=1S/C20H33N3O2.HI/c1-6-21-19(23(5)14-16-11-12-24-15-16)22-13-17-9-7-8-10-18(17)25-20(2,3)4;/h7-10,16H,6,11-15H2,1-5H3,(H,21,22);1H. The quantitative estimate of drug-likeness (QED) is 0.385. The van der Waals surface area contributed by atoms with Gasteiger partial charge in [-0.15, -0.1) is 24.0 Å². The van der Waals surface area contributed by atoms with Crippen molar-refractivity contribution >= 4 is 29.9 Å². The number of rotatable bonds is 6. The number of ether oxygens (including phenoxy) is 2. The molecule has 0 amide bonds. The van der Waals surface area contributed by atoms with Crippen LogP contribution in [0.25, 0.3) is 0 Å². The van der Waals surface area contributed by atoms with Crippen molar-refractivity contribution in [1.82, 2.24) is 10.2 Å². The highest BCUT2D eigenvalue weighted by Gasteiger charge is 2.19. The molecular weight excluding hydrogens is 441 g/mol. The smallest absolute Gasteiger partial charge is 0.193 e. The number of nitrogens with one attached hydrogen (secondary N) is 1. The third kappa shape index (κ3) is 7.70. The SMILES string of the molecule is CCNC(=NCc1ccccc1OC(C)(C)C)N(C)CC1CCOC1.I. The van der Waals surface area contributed by atoms with E-state index >= 15 is 0 Å². The largest absolute Gasteiger partial charge is 0.488 e. The molecule has 0 saturated carbocycles. The predicted octanol–water partition coefficient (Wildman–Crippen LogP) is 3.92. The number of hydrogen-bond acceptors (Lipinski definition) is 3. The second-order valence-electron chi connectivity index (χ2n) is 7.60. The van der Waals surface area contributed by atoms with Gasteiger partial charge in [0.05, 0.1) is 13.2 Å². The van der Waals surface area contributed by atoms with Gasteiger partial charge in [0.2, 0.25) is 0 Å². The molecule has 26 heavy (non-hydrogen) atoms. The Labute approximate surface area is 175 Å². The first kappa shape index (κ1) is 23.0. The summed E-state index contributed by atoms with van der Waals surface area (Å²) in [5.74, 6) is 2.42. The Bertz CT molecular complexity index is 566. The minimum absolute atomic E-state index is 0. The molecule has 2 rings (SSSR count). The Balaban J connectivity index is 0.00000338. The molecule has 1 saturated heterocycles. The van der Waals surface area contributed by atoms with Crippen molar-refractivity contribution in [2.75, 3.05) is 33.4 Å². The number of hydrogen-bond donors (Lipinski definition) is 1. The van der Waals surface area contributed by atoms with Gasteiger partial charge in [0.15, 0.2) is 5.96 Å². The maximum atomic E-state index is 6.07. The van der Waals surface area contributed by atoms with Crippen LogP contribution in [-0.4, -0.2) is 49.8 Å². The first-order valence-corrected chi connectivity index (χ1v) is 9.23. The van der Waals surface area contributed by atoms with E-state index in [1.165, 1.54) is 0 Å². The van der Waals surface area contributed by atoms with Gasteiger partial charge in [0.25, 0.3) is 0 Å². The summed E-state index contributed by atoms with van der Waals surface area (Å²) in [4.78, 5) is 7.03. The summed E-state index contributed by atoms with van der Waals surface area (Å²) < 4.78 is 11.6. The van der Waals surface area contributed by atoms with Crippen LogP contribution in [-0.2, 0) is 11.3 Å². The first-order valence-electron chi connectivity index (χ1n) is 9.23. The van der Waals surface area contributed by atoms with Crippen LogP contribution < -0.4 is 10.1 Å². The number of guanidine groups is 1. The van der Waals surface area contributed by atoms with Gasteiger partial charge >= 0.3 is 0 Å². The van der Waals surface area contributed by atoms with Gasteiger partial charge < -0.3 is 19.7 Å². The number of halogens is 1. The third-order valence-corrected chi connectivity index (χ3v) is 4.04. The fourth-order valence-electron chi connectivity index (χ4n) is 2.89. The van der Waals surface area contributed by atoms with Crippen molar-refractivity contribution in [2.24, 2.45) is 10.9 Å². The molecule has 6 heteroatoms. The van der Waals surface area contributed by atoms with Gasteiger partial charge in [-0.05, 0) is 40.2 Å². The van der Waals surface area contributed by atoms with Crippen LogP contribution in [0.5, 0.6) is 5.75 Å². The monoisotopic (exact) mass is 475 g/mol. The van der Waals surface area contributed by atoms with Crippen LogP contribution >= 0.6 is 24.0 Å². The maximum absolute atomic E-state index is 6.07. The Kier molecular flexibility index (Phi) is 9.71. The number of benzene rings is 1. The number of aliphatic imine (C=N–C) groups is 1. The van der Waals surface area contributed by atoms with E-state index in [2.05, 4.69) is 51.0 Å². The van der Waals surface area contributed by atoms with E-state index < -0.39 is 0 Å². The molecule has 0 aromatic heterocycles. The highest BCUT2D eigenvalue weighted by Crippen LogP contribution is 2.23. The van der Waals surface area contributed by atoms with Crippen molar-refractivity contribution in [3.8, 4) is 5.75 Å². The average molecular weight is 475 g/mol. The van der Waals surface area contributed by atoms with Crippen molar-refractivity contribution < 1.29 is 9.47 Å². The van der Waals surface area contributed by atoms with Crippen molar-refractivity contribution in [3.63, 3.8) is 0 Å². The van der Waals surface area contributed by atoms with Crippen LogP contribution in [0, 0.1) is 5.92 Å². The highest BCUT2D eigenvalue weighted by atomic mass is 127. The zero-order valence-corrected chi connectivity index (χ0v) is 19.1. The Morgan fingerprint density at radius 2 is 2.08 bits per heavy atom. The molecule has 1 atom stereocenters. The molecule has 0 radical (unpaired) electrons. The van der Waals surface area contributed by atoms with E-state index in [4.69, 9.17) is 14.5 Å². The number of para-hydroxylation sites is 1. The van der Waals surface area contributed by atoms with E-state index in [1.807, 2.05) is 18.2 Å². The van der Waals surface area contributed by atoms with Gasteiger partial charge in [0.1, 0.15) is 11.4 Å². The summed E-state index contributed by atoms with van der Waals surface area (Å²) in [5, 5.41) is 3.39. The molecule has 0 spiro atoms. The molecule has 1 fully saturated rings. The maximum Gasteiger partial charge on any atom is 0.193 e. The minimum Gasteiger partial charge on any atom is -0.488 e. The van der Waals surface area contributed by atoms with Crippen LogP contribution in [0.2, 0.25) is 0 Å². The van der Waals surface area contributed by atoms with Crippen molar-refractivity contribution in [2.45, 2.75) is 46.3 Å². The zero-order chi connectivity index (χ0) is 18.3. The fraction of sp³-hybridized carbons (Fsp3) is 0.650. The lowest BCUT2D eigenvalue weighted by molar-refractivity contribution is 0.129. The van der Waals surface area contributed by atoms with Gasteiger partial charge in [-0.2, -0.15) is 0 Å². The lowest BCUT2D eigenvalue weighted by Gasteiger charge is -2.25. The second-order valence-corrected chi connectivity index (χ2v) is 7.60. The summed E-state index contributed by atoms with van der Waals surface area (Å²) in [5.41, 5.74) is 0.884. The molecule has 1 aliphatic rings. The van der Waals surface area contributed by atoms with E-state index in [1.54, 1.807) is 0 Å². The zero-order valence-electron chi connectivity index (χ0n) is 16.7. The molecule has 5 nitrogen and oxygen atoms in total. The van der Waals surface area contributed by atoms with Crippen molar-refractivity contribution in [1.29, 1.82) is 0 Å².